The summed E-state index contributed by atoms with van der Waals surface area (Å²) in [5, 5.41) is 0. The van der Waals surface area contributed by atoms with Gasteiger partial charge in [0.15, 0.2) is 0 Å². The second-order valence-electron chi connectivity index (χ2n) is 6.08. The first-order valence-corrected chi connectivity index (χ1v) is 9.03. The third-order valence-electron chi connectivity index (χ3n) is 3.86. The van der Waals surface area contributed by atoms with Crippen LogP contribution in [0.2, 0.25) is 0 Å². The Balaban J connectivity index is 2.02. The maximum Gasteiger partial charge on any atom is 0.338 e. The van der Waals surface area contributed by atoms with E-state index < -0.39 is 0 Å². The second kappa shape index (κ2) is 12.6. The number of rotatable bonds is 12. The smallest absolute Gasteiger partial charge is 0.338 e. The third kappa shape index (κ3) is 9.33. The molecule has 0 heterocycles. The van der Waals surface area contributed by atoms with Gasteiger partial charge in [0.05, 0.1) is 12.2 Å². The Bertz CT molecular complexity index is 470. The topological polar surface area (TPSA) is 52.6 Å². The van der Waals surface area contributed by atoms with Crippen molar-refractivity contribution in [2.75, 3.05) is 6.61 Å². The summed E-state index contributed by atoms with van der Waals surface area (Å²) in [7, 11) is 0. The van der Waals surface area contributed by atoms with Crippen LogP contribution in [0.25, 0.3) is 0 Å². The van der Waals surface area contributed by atoms with Crippen molar-refractivity contribution in [2.45, 2.75) is 71.3 Å². The van der Waals surface area contributed by atoms with Gasteiger partial charge in [-0.05, 0) is 37.8 Å². The number of unbranched alkanes of at least 4 members (excludes halogenated alkanes) is 4. The minimum atomic E-state index is -0.251. The summed E-state index contributed by atoms with van der Waals surface area (Å²) < 4.78 is 10.6. The molecule has 0 saturated heterocycles. The lowest BCUT2D eigenvalue weighted by atomic mass is 10.0. The molecule has 0 fully saturated rings. The monoisotopic (exact) mass is 334 g/mol. The highest BCUT2D eigenvalue weighted by atomic mass is 16.5. The van der Waals surface area contributed by atoms with E-state index in [0.29, 0.717) is 12.2 Å². The lowest BCUT2D eigenvalue weighted by Gasteiger charge is -2.15. The molecule has 0 saturated carbocycles. The summed E-state index contributed by atoms with van der Waals surface area (Å²) >= 11 is 0. The van der Waals surface area contributed by atoms with Crippen LogP contribution in [0.1, 0.15) is 75.6 Å². The van der Waals surface area contributed by atoms with E-state index in [-0.39, 0.29) is 18.0 Å². The van der Waals surface area contributed by atoms with Gasteiger partial charge in [-0.2, -0.15) is 0 Å². The molecule has 1 atom stereocenters. The van der Waals surface area contributed by atoms with Gasteiger partial charge in [-0.25, -0.2) is 4.79 Å². The van der Waals surface area contributed by atoms with Crippen LogP contribution in [0.5, 0.6) is 0 Å². The molecule has 134 valence electrons. The van der Waals surface area contributed by atoms with Gasteiger partial charge >= 0.3 is 11.9 Å². The van der Waals surface area contributed by atoms with Crippen LogP contribution in [-0.2, 0) is 14.3 Å². The number of esters is 2. The molecule has 0 aliphatic heterocycles. The van der Waals surface area contributed by atoms with Gasteiger partial charge in [-0.15, -0.1) is 0 Å². The Morgan fingerprint density at radius 2 is 1.62 bits per heavy atom. The first-order valence-electron chi connectivity index (χ1n) is 9.03. The van der Waals surface area contributed by atoms with E-state index in [9.17, 15) is 9.59 Å². The maximum atomic E-state index is 11.7. The minimum absolute atomic E-state index is 0.0688. The number of ether oxygens (including phenoxy) is 2. The van der Waals surface area contributed by atoms with E-state index in [1.54, 1.807) is 12.1 Å². The molecule has 4 heteroatoms. The van der Waals surface area contributed by atoms with Gasteiger partial charge < -0.3 is 9.47 Å². The van der Waals surface area contributed by atoms with Crippen molar-refractivity contribution in [3.8, 4) is 0 Å². The number of carbonyl (C=O) groups excluding carboxylic acids is 2. The lowest BCUT2D eigenvalue weighted by Crippen LogP contribution is -2.15. The number of carbonyl (C=O) groups is 2. The molecule has 4 nitrogen and oxygen atoms in total. The number of hydrogen-bond acceptors (Lipinski definition) is 4. The molecule has 0 aliphatic rings. The summed E-state index contributed by atoms with van der Waals surface area (Å²) in [4.78, 5) is 22.8. The zero-order chi connectivity index (χ0) is 17.6. The van der Waals surface area contributed by atoms with Gasteiger partial charge in [0.25, 0.3) is 0 Å². The molecule has 1 aromatic rings. The first kappa shape index (κ1) is 20.2. The average molecular weight is 334 g/mol. The Labute approximate surface area is 145 Å². The number of benzene rings is 1. The van der Waals surface area contributed by atoms with E-state index in [2.05, 4.69) is 6.92 Å². The summed E-state index contributed by atoms with van der Waals surface area (Å²) in [5.74, 6) is -0.437. The van der Waals surface area contributed by atoms with E-state index in [1.807, 2.05) is 18.2 Å². The second-order valence-corrected chi connectivity index (χ2v) is 6.08. The van der Waals surface area contributed by atoms with E-state index in [4.69, 9.17) is 9.47 Å². The van der Waals surface area contributed by atoms with Crippen LogP contribution >= 0.6 is 0 Å². The van der Waals surface area contributed by atoms with Crippen molar-refractivity contribution in [2.24, 2.45) is 0 Å². The minimum Gasteiger partial charge on any atom is -0.463 e. The van der Waals surface area contributed by atoms with Gasteiger partial charge in [0.1, 0.15) is 6.10 Å². The van der Waals surface area contributed by atoms with Crippen LogP contribution in [0.3, 0.4) is 0 Å². The zero-order valence-electron chi connectivity index (χ0n) is 15.0. The fourth-order valence-corrected chi connectivity index (χ4v) is 2.65. The SMILES string of the molecule is CCCC(CCCCCCCOC(=O)c1ccccc1)OC(C)=O. The predicted octanol–water partition coefficient (Wildman–Crippen LogP) is 4.92. The highest BCUT2D eigenvalue weighted by Crippen LogP contribution is 2.14. The van der Waals surface area contributed by atoms with Crippen LogP contribution in [-0.4, -0.2) is 24.6 Å². The molecular weight excluding hydrogens is 304 g/mol. The molecule has 0 bridgehead atoms. The highest BCUT2D eigenvalue weighted by Gasteiger charge is 2.10. The Morgan fingerprint density at radius 3 is 2.29 bits per heavy atom. The first-order chi connectivity index (χ1) is 11.6. The maximum absolute atomic E-state index is 11.7. The van der Waals surface area contributed by atoms with Crippen molar-refractivity contribution in [3.63, 3.8) is 0 Å². The Kier molecular flexibility index (Phi) is 10.6. The molecule has 24 heavy (non-hydrogen) atoms. The summed E-state index contributed by atoms with van der Waals surface area (Å²) in [6.07, 6.45) is 8.22. The van der Waals surface area contributed by atoms with Crippen LogP contribution in [0, 0.1) is 0 Å². The van der Waals surface area contributed by atoms with Crippen molar-refractivity contribution in [3.05, 3.63) is 35.9 Å². The molecule has 0 spiro atoms. The van der Waals surface area contributed by atoms with Crippen LogP contribution in [0.15, 0.2) is 30.3 Å². The normalized spacial score (nSPS) is 11.8. The molecule has 1 rings (SSSR count). The van der Waals surface area contributed by atoms with Crippen molar-refractivity contribution in [1.29, 1.82) is 0 Å². The highest BCUT2D eigenvalue weighted by molar-refractivity contribution is 5.89. The standard InChI is InChI=1S/C20H30O4/c1-3-12-19(24-17(2)21)15-10-5-4-6-11-16-23-20(22)18-13-8-7-9-14-18/h7-9,13-14,19H,3-6,10-12,15-16H2,1-2H3. The van der Waals surface area contributed by atoms with Crippen molar-refractivity contribution >= 4 is 11.9 Å². The molecule has 0 N–H and O–H groups in total. The molecule has 0 aliphatic carbocycles. The third-order valence-corrected chi connectivity index (χ3v) is 3.86. The lowest BCUT2D eigenvalue weighted by molar-refractivity contribution is -0.147. The molecule has 0 radical (unpaired) electrons. The summed E-state index contributed by atoms with van der Waals surface area (Å²) in [6, 6.07) is 9.07. The molecule has 0 aromatic heterocycles. The molecule has 1 unspecified atom stereocenters. The van der Waals surface area contributed by atoms with Crippen LogP contribution in [0.4, 0.5) is 0 Å². The molecular formula is C20H30O4. The molecule has 1 aromatic carbocycles. The largest absolute Gasteiger partial charge is 0.463 e. The summed E-state index contributed by atoms with van der Waals surface area (Å²) in [6.45, 7) is 4.05. The van der Waals surface area contributed by atoms with Crippen molar-refractivity contribution < 1.29 is 19.1 Å². The Morgan fingerprint density at radius 1 is 0.958 bits per heavy atom. The number of hydrogen-bond donors (Lipinski definition) is 0. The van der Waals surface area contributed by atoms with E-state index in [1.165, 1.54) is 6.92 Å². The van der Waals surface area contributed by atoms with E-state index >= 15 is 0 Å². The van der Waals surface area contributed by atoms with Gasteiger partial charge in [-0.1, -0.05) is 50.8 Å². The average Bonchev–Trinajstić information content (AvgIpc) is 2.57. The fourth-order valence-electron chi connectivity index (χ4n) is 2.65. The van der Waals surface area contributed by atoms with Gasteiger partial charge in [0.2, 0.25) is 0 Å². The zero-order valence-corrected chi connectivity index (χ0v) is 15.0. The predicted molar refractivity (Wildman–Crippen MR) is 94.9 cm³/mol. The van der Waals surface area contributed by atoms with Crippen molar-refractivity contribution in [1.82, 2.24) is 0 Å². The molecule has 0 amide bonds. The van der Waals surface area contributed by atoms with E-state index in [0.717, 1.165) is 51.4 Å². The van der Waals surface area contributed by atoms with Gasteiger partial charge in [-0.3, -0.25) is 4.79 Å². The quantitative estimate of drug-likeness (QED) is 0.402. The van der Waals surface area contributed by atoms with Crippen LogP contribution < -0.4 is 0 Å². The summed E-state index contributed by atoms with van der Waals surface area (Å²) in [5.41, 5.74) is 0.602. The fraction of sp³-hybridized carbons (Fsp3) is 0.600. The Hall–Kier alpha value is -1.84. The van der Waals surface area contributed by atoms with Gasteiger partial charge in [0, 0.05) is 6.92 Å².